The first-order valence-corrected chi connectivity index (χ1v) is 6.76. The van der Waals surface area contributed by atoms with Crippen LogP contribution in [0, 0.1) is 19.3 Å². The maximum absolute atomic E-state index is 11.9. The molecule has 0 bridgehead atoms. The second-order valence-electron chi connectivity index (χ2n) is 6.43. The predicted octanol–water partition coefficient (Wildman–Crippen LogP) is 3.10. The van der Waals surface area contributed by atoms with Crippen LogP contribution in [0.2, 0.25) is 0 Å². The summed E-state index contributed by atoms with van der Waals surface area (Å²) < 4.78 is 2.42. The van der Waals surface area contributed by atoms with E-state index in [0.29, 0.717) is 12.6 Å². The van der Waals surface area contributed by atoms with Crippen LogP contribution in [0.4, 0.5) is 0 Å². The summed E-state index contributed by atoms with van der Waals surface area (Å²) in [6.45, 7) is 10.8. The Hall–Kier alpha value is -1.25. The van der Waals surface area contributed by atoms with Gasteiger partial charge in [-0.3, -0.25) is 4.79 Å². The normalized spacial score (nSPS) is 15.8. The molecule has 0 radical (unpaired) electrons. The average Bonchev–Trinajstić information content (AvgIpc) is 3.02. The number of amides is 1. The van der Waals surface area contributed by atoms with Gasteiger partial charge in [0.2, 0.25) is 5.91 Å². The number of nitrogens with zero attached hydrogens (tertiary/aromatic N) is 1. The monoisotopic (exact) mass is 248 g/mol. The van der Waals surface area contributed by atoms with Gasteiger partial charge in [0, 0.05) is 29.4 Å². The molecular formula is C15H24N2O. The Kier molecular flexibility index (Phi) is 3.26. The molecule has 1 heterocycles. The molecule has 0 unspecified atom stereocenters. The molecule has 0 atom stereocenters. The molecule has 3 nitrogen and oxygen atoms in total. The van der Waals surface area contributed by atoms with Gasteiger partial charge in [-0.05, 0) is 38.3 Å². The number of carbonyl (C=O) groups excluding carboxylic acids is 1. The molecule has 1 aliphatic rings. The van der Waals surface area contributed by atoms with Crippen molar-refractivity contribution in [2.75, 3.05) is 0 Å². The van der Waals surface area contributed by atoms with E-state index in [4.69, 9.17) is 0 Å². The van der Waals surface area contributed by atoms with E-state index in [9.17, 15) is 4.79 Å². The van der Waals surface area contributed by atoms with Crippen LogP contribution < -0.4 is 5.32 Å². The Morgan fingerprint density at radius 1 is 1.39 bits per heavy atom. The molecule has 1 amide bonds. The molecule has 2 rings (SSSR count). The first-order chi connectivity index (χ1) is 8.30. The molecule has 1 fully saturated rings. The number of hydrogen-bond donors (Lipinski definition) is 1. The lowest BCUT2D eigenvalue weighted by Crippen LogP contribution is -2.34. The highest BCUT2D eigenvalue weighted by Crippen LogP contribution is 2.38. The van der Waals surface area contributed by atoms with Crippen molar-refractivity contribution in [2.45, 2.75) is 60.0 Å². The van der Waals surface area contributed by atoms with E-state index in [0.717, 1.165) is 0 Å². The minimum atomic E-state index is -0.317. The third kappa shape index (κ3) is 2.60. The van der Waals surface area contributed by atoms with Crippen molar-refractivity contribution in [1.29, 1.82) is 0 Å². The van der Waals surface area contributed by atoms with Crippen LogP contribution in [-0.4, -0.2) is 10.5 Å². The van der Waals surface area contributed by atoms with Crippen LogP contribution >= 0.6 is 0 Å². The largest absolute Gasteiger partial charge is 0.352 e. The molecule has 3 heteroatoms. The van der Waals surface area contributed by atoms with Gasteiger partial charge in [0.25, 0.3) is 0 Å². The Balaban J connectivity index is 2.06. The number of nitrogens with one attached hydrogen (secondary N) is 1. The summed E-state index contributed by atoms with van der Waals surface area (Å²) in [5, 5.41) is 3.03. The van der Waals surface area contributed by atoms with Crippen molar-refractivity contribution in [3.63, 3.8) is 0 Å². The van der Waals surface area contributed by atoms with E-state index in [2.05, 4.69) is 29.8 Å². The van der Waals surface area contributed by atoms with Crippen molar-refractivity contribution in [3.8, 4) is 0 Å². The van der Waals surface area contributed by atoms with Crippen LogP contribution in [0.5, 0.6) is 0 Å². The maximum atomic E-state index is 11.9. The van der Waals surface area contributed by atoms with Gasteiger partial charge in [0.05, 0.1) is 0 Å². The van der Waals surface area contributed by atoms with Gasteiger partial charge in [-0.1, -0.05) is 20.8 Å². The second kappa shape index (κ2) is 4.45. The first kappa shape index (κ1) is 13.2. The van der Waals surface area contributed by atoms with E-state index in [-0.39, 0.29) is 11.3 Å². The zero-order valence-electron chi connectivity index (χ0n) is 12.1. The molecular weight excluding hydrogens is 224 g/mol. The SMILES string of the molecule is Cc1cc(CNC(=O)C(C)(C)C)c(C)n1C1CC1. The number of rotatable bonds is 3. The standard InChI is InChI=1S/C15H24N2O/c1-10-8-12(9-16-14(18)15(3,4)5)11(2)17(10)13-6-7-13/h8,13H,6-7,9H2,1-5H3,(H,16,18). The van der Waals surface area contributed by atoms with E-state index in [1.165, 1.54) is 29.8 Å². The summed E-state index contributed by atoms with van der Waals surface area (Å²) in [7, 11) is 0. The van der Waals surface area contributed by atoms with E-state index in [1.807, 2.05) is 20.8 Å². The van der Waals surface area contributed by atoms with E-state index >= 15 is 0 Å². The van der Waals surface area contributed by atoms with Crippen LogP contribution in [-0.2, 0) is 11.3 Å². The van der Waals surface area contributed by atoms with E-state index < -0.39 is 0 Å². The van der Waals surface area contributed by atoms with Crippen molar-refractivity contribution in [2.24, 2.45) is 5.41 Å². The molecule has 0 aliphatic heterocycles. The van der Waals surface area contributed by atoms with Crippen molar-refractivity contribution in [3.05, 3.63) is 23.0 Å². The van der Waals surface area contributed by atoms with Gasteiger partial charge in [-0.2, -0.15) is 0 Å². The van der Waals surface area contributed by atoms with Crippen molar-refractivity contribution in [1.82, 2.24) is 9.88 Å². The fourth-order valence-corrected chi connectivity index (χ4v) is 2.36. The van der Waals surface area contributed by atoms with E-state index in [1.54, 1.807) is 0 Å². The maximum Gasteiger partial charge on any atom is 0.225 e. The molecule has 1 aromatic heterocycles. The minimum absolute atomic E-state index is 0.110. The molecule has 100 valence electrons. The Morgan fingerprint density at radius 2 is 2.00 bits per heavy atom. The number of carbonyl (C=O) groups is 1. The third-order valence-electron chi connectivity index (χ3n) is 3.62. The highest BCUT2D eigenvalue weighted by Gasteiger charge is 2.27. The molecule has 0 aromatic carbocycles. The van der Waals surface area contributed by atoms with Gasteiger partial charge in [0.1, 0.15) is 0 Å². The zero-order valence-corrected chi connectivity index (χ0v) is 12.1. The number of aryl methyl sites for hydroxylation is 1. The van der Waals surface area contributed by atoms with Gasteiger partial charge < -0.3 is 9.88 Å². The third-order valence-corrected chi connectivity index (χ3v) is 3.62. The fraction of sp³-hybridized carbons (Fsp3) is 0.667. The van der Waals surface area contributed by atoms with Gasteiger partial charge in [0.15, 0.2) is 0 Å². The highest BCUT2D eigenvalue weighted by molar-refractivity contribution is 5.81. The topological polar surface area (TPSA) is 34.0 Å². The quantitative estimate of drug-likeness (QED) is 0.876. The first-order valence-electron chi connectivity index (χ1n) is 6.76. The summed E-state index contributed by atoms with van der Waals surface area (Å²) in [6.07, 6.45) is 2.59. The van der Waals surface area contributed by atoms with Crippen LogP contribution in [0.3, 0.4) is 0 Å². The molecule has 1 aromatic rings. The smallest absolute Gasteiger partial charge is 0.225 e. The van der Waals surface area contributed by atoms with Crippen molar-refractivity contribution >= 4 is 5.91 Å². The molecule has 1 N–H and O–H groups in total. The lowest BCUT2D eigenvalue weighted by molar-refractivity contribution is -0.128. The molecule has 0 spiro atoms. The van der Waals surface area contributed by atoms with Gasteiger partial charge in [-0.15, -0.1) is 0 Å². The minimum Gasteiger partial charge on any atom is -0.352 e. The highest BCUT2D eigenvalue weighted by atomic mass is 16.2. The lowest BCUT2D eigenvalue weighted by atomic mass is 9.95. The number of aromatic nitrogens is 1. The summed E-state index contributed by atoms with van der Waals surface area (Å²) in [6, 6.07) is 2.91. The summed E-state index contributed by atoms with van der Waals surface area (Å²) >= 11 is 0. The van der Waals surface area contributed by atoms with Crippen LogP contribution in [0.1, 0.15) is 56.6 Å². The molecule has 1 aliphatic carbocycles. The average molecular weight is 248 g/mol. The van der Waals surface area contributed by atoms with Gasteiger partial charge >= 0.3 is 0 Å². The number of hydrogen-bond acceptors (Lipinski definition) is 1. The van der Waals surface area contributed by atoms with Crippen LogP contribution in [0.25, 0.3) is 0 Å². The van der Waals surface area contributed by atoms with Crippen molar-refractivity contribution < 1.29 is 4.79 Å². The molecule has 1 saturated carbocycles. The zero-order chi connectivity index (χ0) is 13.5. The molecule has 0 saturated heterocycles. The fourth-order valence-electron chi connectivity index (χ4n) is 2.36. The lowest BCUT2D eigenvalue weighted by Gasteiger charge is -2.17. The molecule has 18 heavy (non-hydrogen) atoms. The van der Waals surface area contributed by atoms with Gasteiger partial charge in [-0.25, -0.2) is 0 Å². The predicted molar refractivity (Wildman–Crippen MR) is 73.5 cm³/mol. The van der Waals surface area contributed by atoms with Crippen LogP contribution in [0.15, 0.2) is 6.07 Å². The summed E-state index contributed by atoms with van der Waals surface area (Å²) in [5.41, 5.74) is 3.55. The summed E-state index contributed by atoms with van der Waals surface area (Å²) in [5.74, 6) is 0.110. The Bertz CT molecular complexity index is 462. The Labute approximate surface area is 110 Å². The second-order valence-corrected chi connectivity index (χ2v) is 6.43. The summed E-state index contributed by atoms with van der Waals surface area (Å²) in [4.78, 5) is 11.9. The Morgan fingerprint density at radius 3 is 2.50 bits per heavy atom.